The van der Waals surface area contributed by atoms with E-state index in [0.29, 0.717) is 37.1 Å². The summed E-state index contributed by atoms with van der Waals surface area (Å²) < 4.78 is 0. The van der Waals surface area contributed by atoms with Gasteiger partial charge >= 0.3 is 0 Å². The predicted octanol–water partition coefficient (Wildman–Crippen LogP) is 0.232. The second-order valence-corrected chi connectivity index (χ2v) is 11.1. The van der Waals surface area contributed by atoms with Gasteiger partial charge in [-0.3, -0.25) is 29.0 Å². The Morgan fingerprint density at radius 3 is 2.29 bits per heavy atom. The van der Waals surface area contributed by atoms with Crippen LogP contribution in [0.1, 0.15) is 69.4 Å². The van der Waals surface area contributed by atoms with Gasteiger partial charge < -0.3 is 36.7 Å². The Labute approximate surface area is 303 Å². The molecule has 16 nitrogen and oxygen atoms in total. The topological polar surface area (TPSA) is 234 Å². The fourth-order valence-electron chi connectivity index (χ4n) is 4.49. The minimum absolute atomic E-state index is 0. The van der Waals surface area contributed by atoms with Gasteiger partial charge in [-0.05, 0) is 51.0 Å². The van der Waals surface area contributed by atoms with Gasteiger partial charge in [-0.25, -0.2) is 16.3 Å². The quantitative estimate of drug-likeness (QED) is 0.109. The number of H-pyrrole nitrogens is 1. The summed E-state index contributed by atoms with van der Waals surface area (Å²) >= 11 is 0. The number of aromatic amines is 1. The molecule has 2 aromatic heterocycles. The molecule has 0 fully saturated rings. The predicted molar refractivity (Wildman–Crippen MR) is 175 cm³/mol. The summed E-state index contributed by atoms with van der Waals surface area (Å²) in [6, 6.07) is 4.04. The summed E-state index contributed by atoms with van der Waals surface area (Å²) in [4.78, 5) is 90.1. The van der Waals surface area contributed by atoms with E-state index in [1.165, 1.54) is 13.1 Å². The molecule has 17 heteroatoms. The van der Waals surface area contributed by atoms with E-state index in [9.17, 15) is 28.8 Å². The molecule has 0 saturated heterocycles. The third kappa shape index (κ3) is 11.4. The fourth-order valence-corrected chi connectivity index (χ4v) is 4.49. The van der Waals surface area contributed by atoms with E-state index in [0.717, 1.165) is 5.69 Å². The number of carbonyl (C=O) groups is 4. The van der Waals surface area contributed by atoms with Crippen LogP contribution in [0.3, 0.4) is 0 Å². The molecule has 7 N–H and O–H groups in total. The van der Waals surface area contributed by atoms with Crippen molar-refractivity contribution in [1.29, 1.82) is 0 Å². The van der Waals surface area contributed by atoms with E-state index in [1.807, 2.05) is 11.9 Å². The smallest absolute Gasteiger partial charge is 0.280 e. The molecule has 48 heavy (non-hydrogen) atoms. The monoisotopic (exact) mass is 738 g/mol. The zero-order chi connectivity index (χ0) is 34.7. The largest absolute Gasteiger partial charge is 0.540 e. The third-order valence-corrected chi connectivity index (χ3v) is 7.32. The molecule has 2 heterocycles. The fraction of sp³-hybridized carbons (Fsp3) is 0.452. The van der Waals surface area contributed by atoms with Crippen LogP contribution in [-0.4, -0.2) is 81.1 Å². The minimum Gasteiger partial charge on any atom is -0.540 e. The van der Waals surface area contributed by atoms with E-state index in [2.05, 4.69) is 41.2 Å². The minimum atomic E-state index is -0.905. The van der Waals surface area contributed by atoms with Crippen LogP contribution in [0, 0.1) is 0 Å². The van der Waals surface area contributed by atoms with Gasteiger partial charge in [0.1, 0.15) is 12.1 Å². The first-order valence-corrected chi connectivity index (χ1v) is 15.3. The number of hydrogen-bond acceptors (Lipinski definition) is 11. The molecule has 0 bridgehead atoms. The van der Waals surface area contributed by atoms with Crippen LogP contribution in [0.15, 0.2) is 35.3 Å². The molecule has 0 spiro atoms. The maximum absolute atomic E-state index is 12.8. The molecule has 0 saturated carbocycles. The molecule has 3 rings (SSSR count). The number of nitrogens with two attached hydrogens (primary N) is 1. The maximum Gasteiger partial charge on any atom is 0.280 e. The molecule has 255 valence electrons. The summed E-state index contributed by atoms with van der Waals surface area (Å²) in [7, 11) is 1.83. The summed E-state index contributed by atoms with van der Waals surface area (Å²) in [5.41, 5.74) is 7.09. The van der Waals surface area contributed by atoms with Crippen LogP contribution < -0.4 is 37.5 Å². The molecular weight excluding hydrogens is 697 g/mol. The summed E-state index contributed by atoms with van der Waals surface area (Å²) in [5.74, 6) is -1.78. The molecule has 0 aliphatic heterocycles. The number of carbonyl (C=O) groups excluding carboxylic acids is 5. The number of benzene rings is 1. The van der Waals surface area contributed by atoms with Gasteiger partial charge in [0.15, 0.2) is 11.2 Å². The number of nitrogens with zero attached hydrogens (tertiary/aromatic N) is 4. The van der Waals surface area contributed by atoms with Gasteiger partial charge in [-0.2, -0.15) is 4.98 Å². The standard InChI is InChI=1S/C31H41N10O6.Y/c1-6-20(16-42)37-29(46)23(7-2)38-27(44)18(4)35-24(43)13-8-17(3)34-28(45)19-9-11-22(12-10-19)41(5)15-21-14-33-26-25(36-21)30(47)40-31(32)39-26;/h9-12,14,17-18,20,23H,6-8,13,15H2,1-5H3,(H,34,45)(H,35,43)(H,37,46)(H,38,44)(H3,32,33,39,40,47);/q-1;/t17-,18+,20?,23?;/m0./s1. The average Bonchev–Trinajstić information content (AvgIpc) is 3.05. The number of anilines is 2. The second-order valence-electron chi connectivity index (χ2n) is 11.1. The van der Waals surface area contributed by atoms with E-state index in [1.54, 1.807) is 51.3 Å². The van der Waals surface area contributed by atoms with Gasteiger partial charge in [0.05, 0.1) is 18.4 Å². The molecule has 3 aromatic rings. The van der Waals surface area contributed by atoms with Crippen LogP contribution in [0.4, 0.5) is 11.6 Å². The normalized spacial score (nSPS) is 13.2. The van der Waals surface area contributed by atoms with Crippen molar-refractivity contribution in [3.63, 3.8) is 0 Å². The molecule has 4 amide bonds. The van der Waals surface area contributed by atoms with E-state index in [-0.39, 0.29) is 74.1 Å². The number of nitrogens with one attached hydrogen (secondary N) is 5. The second kappa shape index (κ2) is 18.9. The van der Waals surface area contributed by atoms with E-state index in [4.69, 9.17) is 5.73 Å². The van der Waals surface area contributed by atoms with Gasteiger partial charge in [-0.15, -0.1) is 0 Å². The molecule has 4 atom stereocenters. The first-order valence-electron chi connectivity index (χ1n) is 15.3. The van der Waals surface area contributed by atoms with Crippen LogP contribution in [0.2, 0.25) is 0 Å². The van der Waals surface area contributed by atoms with Crippen LogP contribution in [-0.2, 0) is 58.4 Å². The van der Waals surface area contributed by atoms with Gasteiger partial charge in [0.25, 0.3) is 11.5 Å². The molecular formula is C31H41N10O6Y-. The van der Waals surface area contributed by atoms with Crippen molar-refractivity contribution in [2.75, 3.05) is 17.7 Å². The number of hydrogen-bond donors (Lipinski definition) is 6. The van der Waals surface area contributed by atoms with Gasteiger partial charge in [0.2, 0.25) is 23.7 Å². The Morgan fingerprint density at radius 2 is 1.67 bits per heavy atom. The Hall–Kier alpha value is -4.31. The summed E-state index contributed by atoms with van der Waals surface area (Å²) in [5, 5.41) is 10.6. The Bertz CT molecular complexity index is 1650. The first-order chi connectivity index (χ1) is 22.3. The Morgan fingerprint density at radius 1 is 0.979 bits per heavy atom. The Kier molecular flexibility index (Phi) is 15.7. The van der Waals surface area contributed by atoms with E-state index >= 15 is 0 Å². The van der Waals surface area contributed by atoms with Crippen molar-refractivity contribution in [1.82, 2.24) is 41.2 Å². The third-order valence-electron chi connectivity index (χ3n) is 7.32. The van der Waals surface area contributed by atoms with Crippen molar-refractivity contribution in [3.8, 4) is 0 Å². The molecule has 2 unspecified atom stereocenters. The average molecular weight is 739 g/mol. The van der Waals surface area contributed by atoms with Gasteiger partial charge in [-0.1, -0.05) is 26.3 Å². The zero-order valence-corrected chi connectivity index (χ0v) is 30.5. The van der Waals surface area contributed by atoms with Crippen molar-refractivity contribution < 1.29 is 56.7 Å². The Balaban J connectivity index is 0.00000800. The van der Waals surface area contributed by atoms with Crippen LogP contribution in [0.25, 0.3) is 11.2 Å². The SMILES string of the molecule is CCC([C-]=O)NC(=O)C(CC)NC(=O)[C@@H](C)NC(=O)CC[C@H](C)NC(=O)c1ccc(N(C)Cc2cnc3nc(N)[nH]c(=O)c3n2)cc1.[Y]. The maximum atomic E-state index is 12.8. The molecule has 1 aromatic carbocycles. The van der Waals surface area contributed by atoms with Crippen LogP contribution in [0.5, 0.6) is 0 Å². The summed E-state index contributed by atoms with van der Waals surface area (Å²) in [6.07, 6.45) is 4.30. The van der Waals surface area contributed by atoms with Crippen molar-refractivity contribution >= 4 is 52.7 Å². The number of rotatable bonds is 16. The van der Waals surface area contributed by atoms with Crippen LogP contribution >= 0.6 is 0 Å². The number of amides is 4. The van der Waals surface area contributed by atoms with Gasteiger partial charge in [0, 0.05) is 63.5 Å². The summed E-state index contributed by atoms with van der Waals surface area (Å²) in [6.45, 7) is 7.05. The van der Waals surface area contributed by atoms with E-state index < -0.39 is 35.5 Å². The molecule has 0 aliphatic rings. The zero-order valence-electron chi connectivity index (χ0n) is 27.6. The molecule has 1 radical (unpaired) electrons. The molecule has 0 aliphatic carbocycles. The van der Waals surface area contributed by atoms with Crippen molar-refractivity contribution in [2.24, 2.45) is 0 Å². The first kappa shape index (κ1) is 39.9. The number of aromatic nitrogens is 4. The number of nitrogen functional groups attached to an aromatic ring is 1. The van der Waals surface area contributed by atoms with Crippen molar-refractivity contribution in [3.05, 3.63) is 52.1 Å². The number of fused-ring (bicyclic) bond motifs is 1. The van der Waals surface area contributed by atoms with Crippen molar-refractivity contribution in [2.45, 2.75) is 84.1 Å².